The van der Waals surface area contributed by atoms with Crippen LogP contribution in [0.15, 0.2) is 34.2 Å². The summed E-state index contributed by atoms with van der Waals surface area (Å²) in [7, 11) is 0. The monoisotopic (exact) mass is 384 g/mol. The van der Waals surface area contributed by atoms with Crippen molar-refractivity contribution in [3.8, 4) is 5.69 Å². The standard InChI is InChI=1S/C21H24N2OS2/c1-3-4-7-13-25-21-22-19-18(15-10-8-12-17(15)26-19)20(24)23(21)16-11-6-5-9-14(16)2/h5-6,9,11H,3-4,7-8,10,12-13H2,1-2H3. The van der Waals surface area contributed by atoms with Gasteiger partial charge in [0, 0.05) is 10.6 Å². The Hall–Kier alpha value is -1.59. The van der Waals surface area contributed by atoms with Gasteiger partial charge in [-0.15, -0.1) is 11.3 Å². The number of unbranched alkanes of at least 4 members (excludes halogenated alkanes) is 2. The number of hydrogen-bond acceptors (Lipinski definition) is 4. The highest BCUT2D eigenvalue weighted by molar-refractivity contribution is 7.99. The van der Waals surface area contributed by atoms with Gasteiger partial charge >= 0.3 is 0 Å². The lowest BCUT2D eigenvalue weighted by atomic mass is 10.2. The van der Waals surface area contributed by atoms with Crippen LogP contribution >= 0.6 is 23.1 Å². The molecule has 0 saturated carbocycles. The van der Waals surface area contributed by atoms with Gasteiger partial charge in [0.05, 0.1) is 11.1 Å². The summed E-state index contributed by atoms with van der Waals surface area (Å²) in [4.78, 5) is 20.8. The molecule has 3 nitrogen and oxygen atoms in total. The molecule has 0 bridgehead atoms. The maximum atomic E-state index is 13.5. The first kappa shape index (κ1) is 17.8. The van der Waals surface area contributed by atoms with E-state index in [2.05, 4.69) is 19.9 Å². The molecule has 0 N–H and O–H groups in total. The molecule has 0 aliphatic heterocycles. The number of rotatable bonds is 6. The number of thiophene rings is 1. The predicted octanol–water partition coefficient (Wildman–Crippen LogP) is 5.53. The molecular formula is C21H24N2OS2. The van der Waals surface area contributed by atoms with Crippen LogP contribution in [0, 0.1) is 6.92 Å². The minimum atomic E-state index is 0.113. The summed E-state index contributed by atoms with van der Waals surface area (Å²) in [6.07, 6.45) is 6.85. The topological polar surface area (TPSA) is 34.9 Å². The van der Waals surface area contributed by atoms with Gasteiger partial charge in [0.1, 0.15) is 4.83 Å². The van der Waals surface area contributed by atoms with Gasteiger partial charge in [-0.1, -0.05) is 49.7 Å². The Labute approximate surface area is 162 Å². The number of nitrogens with zero attached hydrogens (tertiary/aromatic N) is 2. The zero-order chi connectivity index (χ0) is 18.1. The molecule has 0 unspecified atom stereocenters. The van der Waals surface area contributed by atoms with E-state index >= 15 is 0 Å². The van der Waals surface area contributed by atoms with Crippen LogP contribution in [0.4, 0.5) is 0 Å². The molecule has 0 fully saturated rings. The molecule has 2 heterocycles. The van der Waals surface area contributed by atoms with Gasteiger partial charge in [-0.3, -0.25) is 9.36 Å². The van der Waals surface area contributed by atoms with Gasteiger partial charge in [-0.25, -0.2) is 4.98 Å². The number of para-hydroxylation sites is 1. The number of thioether (sulfide) groups is 1. The van der Waals surface area contributed by atoms with Crippen LogP contribution < -0.4 is 5.56 Å². The summed E-state index contributed by atoms with van der Waals surface area (Å²) in [5, 5.41) is 1.71. The van der Waals surface area contributed by atoms with Crippen LogP contribution in [0.1, 0.15) is 48.6 Å². The van der Waals surface area contributed by atoms with E-state index < -0.39 is 0 Å². The van der Waals surface area contributed by atoms with Crippen LogP contribution in [0.5, 0.6) is 0 Å². The first-order valence-corrected chi connectivity index (χ1v) is 11.3. The molecule has 5 heteroatoms. The fourth-order valence-electron chi connectivity index (χ4n) is 3.66. The third kappa shape index (κ3) is 3.12. The fourth-order valence-corrected chi connectivity index (χ4v) is 5.97. The summed E-state index contributed by atoms with van der Waals surface area (Å²) < 4.78 is 1.86. The van der Waals surface area contributed by atoms with E-state index in [0.29, 0.717) is 0 Å². The molecule has 0 radical (unpaired) electrons. The second-order valence-electron chi connectivity index (χ2n) is 6.91. The van der Waals surface area contributed by atoms with Gasteiger partial charge < -0.3 is 0 Å². The average molecular weight is 385 g/mol. The molecule has 1 aliphatic carbocycles. The zero-order valence-electron chi connectivity index (χ0n) is 15.4. The normalized spacial score (nSPS) is 13.5. The molecule has 2 aromatic heterocycles. The Balaban J connectivity index is 1.89. The molecule has 0 amide bonds. The van der Waals surface area contributed by atoms with Crippen molar-refractivity contribution < 1.29 is 0 Å². The lowest BCUT2D eigenvalue weighted by Crippen LogP contribution is -2.22. The van der Waals surface area contributed by atoms with Gasteiger partial charge in [0.15, 0.2) is 5.16 Å². The average Bonchev–Trinajstić information content (AvgIpc) is 3.20. The number of aryl methyl sites for hydroxylation is 3. The zero-order valence-corrected chi connectivity index (χ0v) is 17.0. The third-order valence-corrected chi connectivity index (χ3v) is 7.25. The molecule has 0 atom stereocenters. The van der Waals surface area contributed by atoms with E-state index in [9.17, 15) is 4.79 Å². The number of fused-ring (bicyclic) bond motifs is 3. The summed E-state index contributed by atoms with van der Waals surface area (Å²) in [6, 6.07) is 8.12. The highest BCUT2D eigenvalue weighted by Crippen LogP contribution is 2.36. The smallest absolute Gasteiger partial charge is 0.267 e. The molecule has 26 heavy (non-hydrogen) atoms. The maximum absolute atomic E-state index is 13.5. The maximum Gasteiger partial charge on any atom is 0.267 e. The minimum Gasteiger partial charge on any atom is -0.268 e. The number of hydrogen-bond donors (Lipinski definition) is 0. The van der Waals surface area contributed by atoms with E-state index in [1.54, 1.807) is 23.1 Å². The van der Waals surface area contributed by atoms with Gasteiger partial charge in [-0.2, -0.15) is 0 Å². The Morgan fingerprint density at radius 1 is 1.23 bits per heavy atom. The van der Waals surface area contributed by atoms with E-state index in [4.69, 9.17) is 4.98 Å². The first-order chi connectivity index (χ1) is 12.7. The van der Waals surface area contributed by atoms with Crippen LogP contribution in [0.3, 0.4) is 0 Å². The lowest BCUT2D eigenvalue weighted by Gasteiger charge is -2.14. The third-order valence-electron chi connectivity index (χ3n) is 5.04. The molecular weight excluding hydrogens is 360 g/mol. The van der Waals surface area contributed by atoms with E-state index in [0.717, 1.165) is 58.1 Å². The van der Waals surface area contributed by atoms with Crippen molar-refractivity contribution >= 4 is 33.3 Å². The molecule has 0 saturated heterocycles. The Kier molecular flexibility index (Phi) is 5.18. The van der Waals surface area contributed by atoms with Crippen molar-refractivity contribution in [2.45, 2.75) is 57.5 Å². The molecule has 136 valence electrons. The number of benzene rings is 1. The SMILES string of the molecule is CCCCCSc1nc2sc3c(c2c(=O)n1-c1ccccc1C)CCC3. The second-order valence-corrected chi connectivity index (χ2v) is 9.06. The Morgan fingerprint density at radius 2 is 2.08 bits per heavy atom. The van der Waals surface area contributed by atoms with Crippen molar-refractivity contribution in [3.63, 3.8) is 0 Å². The van der Waals surface area contributed by atoms with E-state index in [-0.39, 0.29) is 5.56 Å². The molecule has 1 aliphatic rings. The van der Waals surface area contributed by atoms with Crippen LogP contribution in [0.2, 0.25) is 0 Å². The van der Waals surface area contributed by atoms with Gasteiger partial charge in [0.25, 0.3) is 5.56 Å². The van der Waals surface area contributed by atoms with E-state index in [1.165, 1.54) is 23.3 Å². The van der Waals surface area contributed by atoms with Gasteiger partial charge in [0.2, 0.25) is 0 Å². The van der Waals surface area contributed by atoms with Crippen LogP contribution in [-0.2, 0) is 12.8 Å². The largest absolute Gasteiger partial charge is 0.268 e. The Morgan fingerprint density at radius 3 is 2.88 bits per heavy atom. The van der Waals surface area contributed by atoms with Crippen molar-refractivity contribution in [1.82, 2.24) is 9.55 Å². The predicted molar refractivity (Wildman–Crippen MR) is 112 cm³/mol. The molecule has 0 spiro atoms. The van der Waals surface area contributed by atoms with Crippen molar-refractivity contribution in [3.05, 3.63) is 50.6 Å². The van der Waals surface area contributed by atoms with Gasteiger partial charge in [-0.05, 0) is 49.8 Å². The second kappa shape index (κ2) is 7.57. The molecule has 4 rings (SSSR count). The van der Waals surface area contributed by atoms with E-state index in [1.807, 2.05) is 22.8 Å². The van der Waals surface area contributed by atoms with Crippen LogP contribution in [-0.4, -0.2) is 15.3 Å². The van der Waals surface area contributed by atoms with Crippen molar-refractivity contribution in [1.29, 1.82) is 0 Å². The Bertz CT molecular complexity index is 1000. The summed E-state index contributed by atoms with van der Waals surface area (Å²) in [5.74, 6) is 1.00. The summed E-state index contributed by atoms with van der Waals surface area (Å²) in [6.45, 7) is 4.28. The number of aromatic nitrogens is 2. The quantitative estimate of drug-likeness (QED) is 0.318. The fraction of sp³-hybridized carbons (Fsp3) is 0.429. The molecule has 3 aromatic rings. The first-order valence-electron chi connectivity index (χ1n) is 9.46. The van der Waals surface area contributed by atoms with Crippen molar-refractivity contribution in [2.24, 2.45) is 0 Å². The lowest BCUT2D eigenvalue weighted by molar-refractivity contribution is 0.771. The summed E-state index contributed by atoms with van der Waals surface area (Å²) in [5.41, 5.74) is 3.44. The van der Waals surface area contributed by atoms with Crippen molar-refractivity contribution in [2.75, 3.05) is 5.75 Å². The highest BCUT2D eigenvalue weighted by atomic mass is 32.2. The van der Waals surface area contributed by atoms with Crippen LogP contribution in [0.25, 0.3) is 15.9 Å². The molecule has 1 aromatic carbocycles. The minimum absolute atomic E-state index is 0.113. The summed E-state index contributed by atoms with van der Waals surface area (Å²) >= 11 is 3.45. The highest BCUT2D eigenvalue weighted by Gasteiger charge is 2.24.